The number of alkyl halides is 1. The van der Waals surface area contributed by atoms with Crippen molar-refractivity contribution in [2.45, 2.75) is 24.2 Å². The number of nitrogens with one attached hydrogen (secondary N) is 1. The average Bonchev–Trinajstić information content (AvgIpc) is 3.42. The first kappa shape index (κ1) is 19.9. The normalized spacial score (nSPS) is 22.8. The molecule has 6 rings (SSSR count). The number of halogens is 1. The Morgan fingerprint density at radius 1 is 1.21 bits per heavy atom. The summed E-state index contributed by atoms with van der Waals surface area (Å²) in [5.41, 5.74) is 8.73. The predicted molar refractivity (Wildman–Crippen MR) is 120 cm³/mol. The molecule has 3 N–H and O–H groups in total. The van der Waals surface area contributed by atoms with Gasteiger partial charge in [-0.15, -0.1) is 11.5 Å². The van der Waals surface area contributed by atoms with E-state index in [1.165, 1.54) is 0 Å². The summed E-state index contributed by atoms with van der Waals surface area (Å²) in [6.07, 6.45) is 10.4. The number of nitrogens with two attached hydrogens (primary N) is 1. The third kappa shape index (κ3) is 3.18. The molecule has 2 aliphatic heterocycles. The van der Waals surface area contributed by atoms with Crippen LogP contribution in [0.1, 0.15) is 6.42 Å². The van der Waals surface area contributed by atoms with E-state index in [4.69, 9.17) is 16.9 Å². The number of anilines is 2. The molecule has 11 heteroatoms. The van der Waals surface area contributed by atoms with Gasteiger partial charge in [0.15, 0.2) is 11.5 Å². The smallest absolute Gasteiger partial charge is 0.243 e. The van der Waals surface area contributed by atoms with E-state index in [1.807, 2.05) is 29.3 Å². The van der Waals surface area contributed by atoms with Crippen LogP contribution in [0.25, 0.3) is 22.4 Å². The van der Waals surface area contributed by atoms with Crippen LogP contribution in [-0.2, 0) is 4.74 Å². The van der Waals surface area contributed by atoms with Crippen molar-refractivity contribution < 1.29 is 9.13 Å². The number of likely N-dealkylation sites (tertiary alicyclic amines) is 1. The zero-order valence-electron chi connectivity index (χ0n) is 17.7. The molecule has 2 saturated heterocycles. The van der Waals surface area contributed by atoms with E-state index < -0.39 is 17.8 Å². The van der Waals surface area contributed by atoms with Gasteiger partial charge in [-0.05, 0) is 18.6 Å². The van der Waals surface area contributed by atoms with Crippen LogP contribution >= 0.6 is 0 Å². The van der Waals surface area contributed by atoms with Gasteiger partial charge in [-0.25, -0.2) is 18.4 Å². The highest BCUT2D eigenvalue weighted by Gasteiger charge is 2.46. The van der Waals surface area contributed by atoms with Crippen LogP contribution in [0.2, 0.25) is 0 Å². The van der Waals surface area contributed by atoms with Crippen molar-refractivity contribution in [3.8, 4) is 23.6 Å². The molecule has 0 radical (unpaired) electrons. The monoisotopic (exact) mass is 447 g/mol. The van der Waals surface area contributed by atoms with Crippen molar-refractivity contribution in [1.29, 1.82) is 0 Å². The molecule has 0 amide bonds. The van der Waals surface area contributed by atoms with Gasteiger partial charge in [0.05, 0.1) is 31.1 Å². The van der Waals surface area contributed by atoms with Crippen LogP contribution in [0.15, 0.2) is 36.8 Å². The van der Waals surface area contributed by atoms with E-state index in [-0.39, 0.29) is 18.3 Å². The second-order valence-electron chi connectivity index (χ2n) is 8.46. The summed E-state index contributed by atoms with van der Waals surface area (Å²) in [4.78, 5) is 11.0. The summed E-state index contributed by atoms with van der Waals surface area (Å²) in [6, 6.07) is 5.13. The van der Waals surface area contributed by atoms with Crippen LogP contribution < -0.4 is 11.1 Å². The summed E-state index contributed by atoms with van der Waals surface area (Å²) < 4.78 is 23.6. The largest absolute Gasteiger partial charge is 0.382 e. The van der Waals surface area contributed by atoms with E-state index >= 15 is 4.39 Å². The Balaban J connectivity index is 1.24. The molecule has 6 heterocycles. The predicted octanol–water partition coefficient (Wildman–Crippen LogP) is 1.25. The van der Waals surface area contributed by atoms with E-state index in [1.54, 1.807) is 21.4 Å². The summed E-state index contributed by atoms with van der Waals surface area (Å²) in [5.74, 6) is 3.35. The average molecular weight is 447 g/mol. The molecule has 168 valence electrons. The number of nitrogens with zero attached hydrogens (tertiary/aromatic N) is 7. The van der Waals surface area contributed by atoms with Crippen molar-refractivity contribution in [3.63, 3.8) is 0 Å². The number of hydrogen-bond acceptors (Lipinski definition) is 8. The van der Waals surface area contributed by atoms with Crippen LogP contribution in [0.5, 0.6) is 0 Å². The molecule has 0 bridgehead atoms. The molecule has 4 aromatic rings. The lowest BCUT2D eigenvalue weighted by Gasteiger charge is -2.49. The maximum Gasteiger partial charge on any atom is 0.243 e. The standard InChI is InChI=1S/C22H22FN9O/c1-2-22(12-33-13-22)30-8-5-17(15(23)11-30)27-21-28-20(24)19-14(4-9-32(19)29-21)16-6-10-31-18(26-16)3-7-25-31/h1,3-4,6-7,9-10,15,17H,5,8,11-13H2,(H3,24,27,28,29)/t15-,17+/m1/s1. The van der Waals surface area contributed by atoms with Crippen molar-refractivity contribution in [2.24, 2.45) is 0 Å². The fourth-order valence-electron chi connectivity index (χ4n) is 4.56. The molecular weight excluding hydrogens is 425 g/mol. The number of fused-ring (bicyclic) bond motifs is 2. The molecule has 0 saturated carbocycles. The van der Waals surface area contributed by atoms with Gasteiger partial charge < -0.3 is 15.8 Å². The van der Waals surface area contributed by atoms with Gasteiger partial charge in [0.2, 0.25) is 5.95 Å². The highest BCUT2D eigenvalue weighted by atomic mass is 19.1. The zero-order valence-corrected chi connectivity index (χ0v) is 17.7. The first-order valence-corrected chi connectivity index (χ1v) is 10.7. The Morgan fingerprint density at radius 2 is 2.06 bits per heavy atom. The van der Waals surface area contributed by atoms with E-state index in [9.17, 15) is 0 Å². The fourth-order valence-corrected chi connectivity index (χ4v) is 4.56. The van der Waals surface area contributed by atoms with E-state index in [0.717, 1.165) is 16.9 Å². The Kier molecular flexibility index (Phi) is 4.46. The van der Waals surface area contributed by atoms with Crippen LogP contribution in [0.3, 0.4) is 0 Å². The molecule has 10 nitrogen and oxygen atoms in total. The molecule has 2 fully saturated rings. The van der Waals surface area contributed by atoms with Gasteiger partial charge in [0.25, 0.3) is 0 Å². The quantitative estimate of drug-likeness (QED) is 0.450. The third-order valence-electron chi connectivity index (χ3n) is 6.48. The van der Waals surface area contributed by atoms with Crippen LogP contribution in [0, 0.1) is 12.3 Å². The highest BCUT2D eigenvalue weighted by molar-refractivity contribution is 5.86. The van der Waals surface area contributed by atoms with Crippen molar-refractivity contribution in [1.82, 2.24) is 34.1 Å². The van der Waals surface area contributed by atoms with Gasteiger partial charge >= 0.3 is 0 Å². The topological polar surface area (TPSA) is 111 Å². The van der Waals surface area contributed by atoms with Gasteiger partial charge in [0.1, 0.15) is 17.2 Å². The molecule has 0 aromatic carbocycles. The highest BCUT2D eigenvalue weighted by Crippen LogP contribution is 2.31. The van der Waals surface area contributed by atoms with Gasteiger partial charge in [-0.2, -0.15) is 10.1 Å². The minimum absolute atomic E-state index is 0.235. The van der Waals surface area contributed by atoms with Gasteiger partial charge in [0, 0.05) is 37.1 Å². The lowest BCUT2D eigenvalue weighted by atomic mass is 9.91. The second kappa shape index (κ2) is 7.40. The Morgan fingerprint density at radius 3 is 2.82 bits per heavy atom. The molecule has 0 unspecified atom stereocenters. The van der Waals surface area contributed by atoms with Crippen molar-refractivity contribution >= 4 is 22.9 Å². The minimum Gasteiger partial charge on any atom is -0.382 e. The lowest BCUT2D eigenvalue weighted by molar-refractivity contribution is -0.120. The van der Waals surface area contributed by atoms with Crippen molar-refractivity contribution in [2.75, 3.05) is 37.4 Å². The summed E-state index contributed by atoms with van der Waals surface area (Å²) >= 11 is 0. The molecule has 4 aromatic heterocycles. The van der Waals surface area contributed by atoms with Gasteiger partial charge in [-0.1, -0.05) is 5.92 Å². The molecule has 33 heavy (non-hydrogen) atoms. The summed E-state index contributed by atoms with van der Waals surface area (Å²) in [5, 5.41) is 11.8. The van der Waals surface area contributed by atoms with E-state index in [2.05, 4.69) is 31.4 Å². The van der Waals surface area contributed by atoms with Gasteiger partial charge in [-0.3, -0.25) is 4.90 Å². The van der Waals surface area contributed by atoms with Crippen LogP contribution in [0.4, 0.5) is 16.2 Å². The SMILES string of the molecule is C#CC1(N2CC[C@H](Nc3nc(N)c4c(-c5ccn6nccc6n5)ccn4n3)[C@H](F)C2)COC1. The second-order valence-corrected chi connectivity index (χ2v) is 8.46. The Bertz CT molecular complexity index is 1390. The van der Waals surface area contributed by atoms with Crippen LogP contribution in [-0.4, -0.2) is 78.2 Å². The lowest BCUT2D eigenvalue weighted by Crippen LogP contribution is -2.65. The first-order chi connectivity index (χ1) is 16.1. The third-order valence-corrected chi connectivity index (χ3v) is 6.48. The molecule has 2 atom stereocenters. The maximum absolute atomic E-state index is 15.0. The number of piperidine rings is 1. The molecule has 2 aliphatic rings. The molecule has 0 spiro atoms. The molecule has 0 aliphatic carbocycles. The molecular formula is C22H22FN9O. The van der Waals surface area contributed by atoms with E-state index in [0.29, 0.717) is 31.7 Å². The number of hydrogen-bond donors (Lipinski definition) is 2. The number of terminal acetylenes is 1. The summed E-state index contributed by atoms with van der Waals surface area (Å²) in [6.45, 7) is 1.80. The zero-order chi connectivity index (χ0) is 22.6. The number of rotatable bonds is 4. The minimum atomic E-state index is -1.13. The number of aromatic nitrogens is 6. The Hall–Kier alpha value is -3.75. The summed E-state index contributed by atoms with van der Waals surface area (Å²) in [7, 11) is 0. The Labute approximate surface area is 188 Å². The number of ether oxygens (including phenoxy) is 1. The fraction of sp³-hybridized carbons (Fsp3) is 0.364. The maximum atomic E-state index is 15.0. The van der Waals surface area contributed by atoms with Crippen molar-refractivity contribution in [3.05, 3.63) is 36.8 Å². The number of nitrogen functional groups attached to an aromatic ring is 1. The first-order valence-electron chi connectivity index (χ1n) is 10.7.